The number of nitrogens with one attached hydrogen (secondary N) is 1. The summed E-state index contributed by atoms with van der Waals surface area (Å²) in [4.78, 5) is 28.1. The molecular formula is C21H19IN4O4. The molecule has 9 heteroatoms. The number of anilines is 2. The lowest BCUT2D eigenvalue weighted by molar-refractivity contribution is -0.384. The molecule has 4 rings (SSSR count). The molecule has 0 bridgehead atoms. The molecule has 30 heavy (non-hydrogen) atoms. The van der Waals surface area contributed by atoms with E-state index in [9.17, 15) is 14.9 Å². The number of imidazole rings is 1. The predicted octanol–water partition coefficient (Wildman–Crippen LogP) is 5.00. The normalized spacial score (nSPS) is 13.1. The van der Waals surface area contributed by atoms with Crippen LogP contribution >= 0.6 is 22.6 Å². The number of esters is 1. The van der Waals surface area contributed by atoms with Gasteiger partial charge in [0, 0.05) is 27.7 Å². The van der Waals surface area contributed by atoms with Crippen LogP contribution in [0.3, 0.4) is 0 Å². The van der Waals surface area contributed by atoms with Gasteiger partial charge in [0.15, 0.2) is 0 Å². The summed E-state index contributed by atoms with van der Waals surface area (Å²) in [5.41, 5.74) is 2.40. The van der Waals surface area contributed by atoms with Gasteiger partial charge in [0.1, 0.15) is 5.69 Å². The van der Waals surface area contributed by atoms with Crippen LogP contribution in [0.2, 0.25) is 0 Å². The summed E-state index contributed by atoms with van der Waals surface area (Å²) in [6.45, 7) is 2.29. The molecule has 2 aromatic carbocycles. The first kappa shape index (κ1) is 20.3. The highest BCUT2D eigenvalue weighted by atomic mass is 127. The standard InChI is InChI=1S/C21H19IN4O4/c1-13-8-15(22)4-5-17(13)24-18-10-20(26(28)29)19(25-7-6-23-12-25)9-16(18)21(27)30-11-14-2-3-14/h4-10,12,14,24H,2-3,11H2,1H3. The third kappa shape index (κ3) is 4.45. The second-order valence-corrected chi connectivity index (χ2v) is 8.49. The molecule has 1 aliphatic rings. The van der Waals surface area contributed by atoms with E-state index < -0.39 is 10.9 Å². The quantitative estimate of drug-likeness (QED) is 0.205. The molecule has 0 atom stereocenters. The Morgan fingerprint density at radius 2 is 2.13 bits per heavy atom. The molecule has 1 saturated carbocycles. The second kappa shape index (κ2) is 8.42. The summed E-state index contributed by atoms with van der Waals surface area (Å²) in [6.07, 6.45) is 6.69. The van der Waals surface area contributed by atoms with Crippen LogP contribution in [0.4, 0.5) is 17.1 Å². The molecule has 1 fully saturated rings. The molecule has 0 unspecified atom stereocenters. The Bertz CT molecular complexity index is 1110. The molecule has 1 heterocycles. The Morgan fingerprint density at radius 3 is 2.77 bits per heavy atom. The minimum absolute atomic E-state index is 0.141. The van der Waals surface area contributed by atoms with E-state index in [-0.39, 0.29) is 16.9 Å². The first-order valence-corrected chi connectivity index (χ1v) is 10.5. The highest BCUT2D eigenvalue weighted by Crippen LogP contribution is 2.34. The van der Waals surface area contributed by atoms with Gasteiger partial charge >= 0.3 is 5.97 Å². The number of hydrogen-bond donors (Lipinski definition) is 1. The number of nitro benzene ring substituents is 1. The summed E-state index contributed by atoms with van der Waals surface area (Å²) in [6, 6.07) is 8.66. The highest BCUT2D eigenvalue weighted by Gasteiger charge is 2.27. The van der Waals surface area contributed by atoms with E-state index >= 15 is 0 Å². The van der Waals surface area contributed by atoms with Gasteiger partial charge in [-0.05, 0) is 78.1 Å². The maximum atomic E-state index is 12.9. The van der Waals surface area contributed by atoms with E-state index in [0.717, 1.165) is 27.7 Å². The van der Waals surface area contributed by atoms with E-state index in [1.807, 2.05) is 25.1 Å². The lowest BCUT2D eigenvalue weighted by Crippen LogP contribution is -2.12. The number of ether oxygens (including phenoxy) is 1. The molecule has 0 saturated heterocycles. The van der Waals surface area contributed by atoms with Gasteiger partial charge < -0.3 is 14.6 Å². The Morgan fingerprint density at radius 1 is 1.33 bits per heavy atom. The third-order valence-electron chi connectivity index (χ3n) is 4.92. The fraction of sp³-hybridized carbons (Fsp3) is 0.238. The number of aromatic nitrogens is 2. The van der Waals surface area contributed by atoms with Gasteiger partial charge in [-0.25, -0.2) is 9.78 Å². The number of nitrogens with zero attached hydrogens (tertiary/aromatic N) is 3. The Kier molecular flexibility index (Phi) is 5.71. The lowest BCUT2D eigenvalue weighted by Gasteiger charge is -2.16. The van der Waals surface area contributed by atoms with Crippen molar-refractivity contribution >= 4 is 45.6 Å². The van der Waals surface area contributed by atoms with Crippen LogP contribution < -0.4 is 5.32 Å². The number of nitro groups is 1. The van der Waals surface area contributed by atoms with Crippen molar-refractivity contribution < 1.29 is 14.5 Å². The van der Waals surface area contributed by atoms with Crippen LogP contribution in [0.15, 0.2) is 49.1 Å². The molecule has 1 aromatic heterocycles. The number of hydrogen-bond acceptors (Lipinski definition) is 6. The Labute approximate surface area is 186 Å². The zero-order valence-corrected chi connectivity index (χ0v) is 18.3. The van der Waals surface area contributed by atoms with Crippen LogP contribution in [0.1, 0.15) is 28.8 Å². The number of carbonyl (C=O) groups excluding carboxylic acids is 1. The van der Waals surface area contributed by atoms with Crippen molar-refractivity contribution in [2.24, 2.45) is 5.92 Å². The minimum atomic E-state index is -0.510. The Hall–Kier alpha value is -2.95. The van der Waals surface area contributed by atoms with Crippen molar-refractivity contribution in [1.29, 1.82) is 0 Å². The smallest absolute Gasteiger partial charge is 0.340 e. The topological polar surface area (TPSA) is 99.3 Å². The monoisotopic (exact) mass is 518 g/mol. The summed E-state index contributed by atoms with van der Waals surface area (Å²) in [5, 5.41) is 15.0. The molecule has 0 aliphatic heterocycles. The van der Waals surface area contributed by atoms with Crippen LogP contribution in [0, 0.1) is 26.5 Å². The van der Waals surface area contributed by atoms with E-state index in [0.29, 0.717) is 18.2 Å². The summed E-state index contributed by atoms with van der Waals surface area (Å²) in [7, 11) is 0. The van der Waals surface area contributed by atoms with Gasteiger partial charge in [-0.1, -0.05) is 0 Å². The van der Waals surface area contributed by atoms with Crippen molar-refractivity contribution in [3.8, 4) is 5.69 Å². The molecular weight excluding hydrogens is 499 g/mol. The predicted molar refractivity (Wildman–Crippen MR) is 120 cm³/mol. The van der Waals surface area contributed by atoms with Crippen LogP contribution in [-0.4, -0.2) is 27.1 Å². The zero-order chi connectivity index (χ0) is 21.3. The number of carbonyl (C=O) groups is 1. The van der Waals surface area contributed by atoms with Gasteiger partial charge in [0.2, 0.25) is 0 Å². The third-order valence-corrected chi connectivity index (χ3v) is 5.59. The average molecular weight is 518 g/mol. The maximum Gasteiger partial charge on any atom is 0.340 e. The Balaban J connectivity index is 1.79. The van der Waals surface area contributed by atoms with Crippen molar-refractivity contribution in [2.45, 2.75) is 19.8 Å². The fourth-order valence-electron chi connectivity index (χ4n) is 3.07. The van der Waals surface area contributed by atoms with Crippen molar-refractivity contribution in [2.75, 3.05) is 11.9 Å². The van der Waals surface area contributed by atoms with Crippen LogP contribution in [0.25, 0.3) is 5.69 Å². The molecule has 154 valence electrons. The number of aryl methyl sites for hydroxylation is 1. The van der Waals surface area contributed by atoms with Crippen LogP contribution in [0.5, 0.6) is 0 Å². The van der Waals surface area contributed by atoms with Gasteiger partial charge in [-0.15, -0.1) is 0 Å². The number of benzene rings is 2. The molecule has 0 amide bonds. The maximum absolute atomic E-state index is 12.9. The average Bonchev–Trinajstić information content (AvgIpc) is 3.39. The fourth-order valence-corrected chi connectivity index (χ4v) is 3.72. The van der Waals surface area contributed by atoms with Crippen LogP contribution in [-0.2, 0) is 4.74 Å². The van der Waals surface area contributed by atoms with Gasteiger partial charge in [0.05, 0.1) is 29.1 Å². The molecule has 8 nitrogen and oxygen atoms in total. The first-order chi connectivity index (χ1) is 14.4. The minimum Gasteiger partial charge on any atom is -0.462 e. The van der Waals surface area contributed by atoms with Gasteiger partial charge in [0.25, 0.3) is 5.69 Å². The first-order valence-electron chi connectivity index (χ1n) is 9.43. The summed E-state index contributed by atoms with van der Waals surface area (Å²) >= 11 is 2.22. The van der Waals surface area contributed by atoms with Gasteiger partial charge in [-0.2, -0.15) is 0 Å². The highest BCUT2D eigenvalue weighted by molar-refractivity contribution is 14.1. The second-order valence-electron chi connectivity index (χ2n) is 7.24. The number of rotatable bonds is 7. The van der Waals surface area contributed by atoms with E-state index in [1.165, 1.54) is 29.2 Å². The molecule has 3 aromatic rings. The van der Waals surface area contributed by atoms with Crippen molar-refractivity contribution in [3.63, 3.8) is 0 Å². The largest absolute Gasteiger partial charge is 0.462 e. The molecule has 0 radical (unpaired) electrons. The SMILES string of the molecule is Cc1cc(I)ccc1Nc1cc([N+](=O)[O-])c(-n2ccnc2)cc1C(=O)OCC1CC1. The van der Waals surface area contributed by atoms with Crippen molar-refractivity contribution in [1.82, 2.24) is 9.55 Å². The van der Waals surface area contributed by atoms with E-state index in [1.54, 1.807) is 6.20 Å². The van der Waals surface area contributed by atoms with E-state index in [2.05, 4.69) is 32.9 Å². The van der Waals surface area contributed by atoms with E-state index in [4.69, 9.17) is 4.74 Å². The summed E-state index contributed by atoms with van der Waals surface area (Å²) in [5.74, 6) is -0.0983. The molecule has 1 N–H and O–H groups in total. The van der Waals surface area contributed by atoms with Crippen molar-refractivity contribution in [3.05, 3.63) is 73.9 Å². The number of halogens is 1. The lowest BCUT2D eigenvalue weighted by atomic mass is 10.1. The zero-order valence-electron chi connectivity index (χ0n) is 16.2. The summed E-state index contributed by atoms with van der Waals surface area (Å²) < 4.78 is 8.06. The molecule has 0 spiro atoms. The van der Waals surface area contributed by atoms with Gasteiger partial charge in [-0.3, -0.25) is 10.1 Å². The molecule has 1 aliphatic carbocycles.